The van der Waals surface area contributed by atoms with Crippen LogP contribution in [0.3, 0.4) is 0 Å². The van der Waals surface area contributed by atoms with E-state index in [1.165, 1.54) is 6.20 Å². The molecule has 4 amide bonds. The molecule has 45 heavy (non-hydrogen) atoms. The molecule has 0 saturated carbocycles. The monoisotopic (exact) mass is 606 g/mol. The molecule has 0 radical (unpaired) electrons. The van der Waals surface area contributed by atoms with Crippen LogP contribution in [0, 0.1) is 0 Å². The maximum atomic E-state index is 13.4. The predicted molar refractivity (Wildman–Crippen MR) is 171 cm³/mol. The summed E-state index contributed by atoms with van der Waals surface area (Å²) in [5.41, 5.74) is 3.12. The first kappa shape index (κ1) is 30.7. The highest BCUT2D eigenvalue weighted by molar-refractivity contribution is 6.04. The summed E-state index contributed by atoms with van der Waals surface area (Å²) in [5, 5.41) is 18.0. The summed E-state index contributed by atoms with van der Waals surface area (Å²) < 4.78 is 0. The van der Waals surface area contributed by atoms with Crippen LogP contribution in [0.2, 0.25) is 0 Å². The maximum absolute atomic E-state index is 13.4. The predicted octanol–water partition coefficient (Wildman–Crippen LogP) is 5.02. The Balaban J connectivity index is 1.38. The first-order valence-electron chi connectivity index (χ1n) is 14.7. The van der Waals surface area contributed by atoms with E-state index in [0.717, 1.165) is 0 Å². The van der Waals surface area contributed by atoms with E-state index in [1.54, 1.807) is 60.8 Å². The number of benzene rings is 3. The van der Waals surface area contributed by atoms with Gasteiger partial charge in [-0.2, -0.15) is 0 Å². The Morgan fingerprint density at radius 1 is 0.800 bits per heavy atom. The number of nitrogens with zero attached hydrogens (tertiary/aromatic N) is 3. The van der Waals surface area contributed by atoms with Gasteiger partial charge in [0, 0.05) is 55.4 Å². The molecule has 3 aromatic carbocycles. The molecule has 1 unspecified atom stereocenters. The Morgan fingerprint density at radius 3 is 2.27 bits per heavy atom. The van der Waals surface area contributed by atoms with Crippen molar-refractivity contribution in [2.45, 2.75) is 18.9 Å². The second kappa shape index (κ2) is 14.6. The molecule has 0 bridgehead atoms. The van der Waals surface area contributed by atoms with E-state index in [2.05, 4.69) is 25.8 Å². The minimum absolute atomic E-state index is 0.0328. The van der Waals surface area contributed by atoms with Gasteiger partial charge in [-0.1, -0.05) is 42.5 Å². The second-order valence-corrected chi connectivity index (χ2v) is 10.6. The lowest BCUT2D eigenvalue weighted by Gasteiger charge is -2.27. The zero-order valence-corrected chi connectivity index (χ0v) is 24.6. The summed E-state index contributed by atoms with van der Waals surface area (Å²) in [4.78, 5) is 59.1. The number of nitrogens with one attached hydrogen (secondary N) is 3. The number of carboxylic acid groups (broad SMARTS) is 1. The fraction of sp³-hybridized carbons (Fsp3) is 0.206. The van der Waals surface area contributed by atoms with Crippen molar-refractivity contribution < 1.29 is 24.3 Å². The van der Waals surface area contributed by atoms with E-state index in [0.29, 0.717) is 60.8 Å². The summed E-state index contributed by atoms with van der Waals surface area (Å²) >= 11 is 0. The number of aliphatic carboxylic acids is 1. The first-order chi connectivity index (χ1) is 21.9. The summed E-state index contributed by atoms with van der Waals surface area (Å²) in [7, 11) is 0. The highest BCUT2D eigenvalue weighted by atomic mass is 16.4. The van der Waals surface area contributed by atoms with Gasteiger partial charge in [0.1, 0.15) is 0 Å². The number of hydrogen-bond acceptors (Lipinski definition) is 6. The smallest absolute Gasteiger partial charge is 0.323 e. The molecule has 1 saturated heterocycles. The lowest BCUT2D eigenvalue weighted by atomic mass is 10.0. The Hall–Kier alpha value is -5.71. The highest BCUT2D eigenvalue weighted by Gasteiger charge is 2.24. The van der Waals surface area contributed by atoms with Gasteiger partial charge in [0.2, 0.25) is 0 Å². The van der Waals surface area contributed by atoms with E-state index < -0.39 is 23.9 Å². The average Bonchev–Trinajstić information content (AvgIpc) is 3.31. The van der Waals surface area contributed by atoms with Crippen LogP contribution < -0.4 is 20.9 Å². The molecule has 230 valence electrons. The Bertz CT molecular complexity index is 1640. The summed E-state index contributed by atoms with van der Waals surface area (Å²) in [6.45, 7) is 2.20. The third-order valence-corrected chi connectivity index (χ3v) is 7.45. The van der Waals surface area contributed by atoms with Gasteiger partial charge in [-0.25, -0.2) is 4.79 Å². The number of carbonyl (C=O) groups excluding carboxylic acids is 3. The van der Waals surface area contributed by atoms with Crippen LogP contribution in [-0.2, 0) is 4.79 Å². The largest absolute Gasteiger partial charge is 0.481 e. The van der Waals surface area contributed by atoms with Crippen LogP contribution in [0.15, 0.2) is 103 Å². The van der Waals surface area contributed by atoms with Gasteiger partial charge < -0.3 is 30.9 Å². The first-order valence-corrected chi connectivity index (χ1v) is 14.7. The molecule has 5 rings (SSSR count). The van der Waals surface area contributed by atoms with Crippen molar-refractivity contribution in [3.05, 3.63) is 120 Å². The molecule has 1 aromatic heterocycles. The number of urea groups is 1. The third kappa shape index (κ3) is 8.23. The van der Waals surface area contributed by atoms with Crippen molar-refractivity contribution >= 4 is 40.9 Å². The van der Waals surface area contributed by atoms with Gasteiger partial charge in [-0.3, -0.25) is 19.4 Å². The molecule has 1 fully saturated rings. The number of rotatable bonds is 9. The molecular weight excluding hydrogens is 572 g/mol. The number of carbonyl (C=O) groups is 4. The van der Waals surface area contributed by atoms with Crippen LogP contribution in [0.1, 0.15) is 45.2 Å². The van der Waals surface area contributed by atoms with Crippen LogP contribution in [-0.4, -0.2) is 65.0 Å². The molecule has 2 heterocycles. The second-order valence-electron chi connectivity index (χ2n) is 10.6. The SMILES string of the molecule is O=C(O)CC(NC(=O)c1ccc(N2CCCN(C(=O)c3ccccc3)CC2)c(NC(=O)Nc2ccccc2)c1)c1cccnc1. The fourth-order valence-electron chi connectivity index (χ4n) is 5.23. The van der Waals surface area contributed by atoms with E-state index in [4.69, 9.17) is 0 Å². The molecule has 0 spiro atoms. The minimum Gasteiger partial charge on any atom is -0.481 e. The average molecular weight is 607 g/mol. The van der Waals surface area contributed by atoms with Crippen LogP contribution >= 0.6 is 0 Å². The fourth-order valence-corrected chi connectivity index (χ4v) is 5.23. The molecule has 1 atom stereocenters. The van der Waals surface area contributed by atoms with E-state index in [-0.39, 0.29) is 17.9 Å². The van der Waals surface area contributed by atoms with Crippen molar-refractivity contribution in [3.63, 3.8) is 0 Å². The molecule has 11 heteroatoms. The third-order valence-electron chi connectivity index (χ3n) is 7.45. The number of hydrogen-bond donors (Lipinski definition) is 4. The summed E-state index contributed by atoms with van der Waals surface area (Å²) in [6.07, 6.45) is 3.47. The number of aromatic nitrogens is 1. The number of carboxylic acids is 1. The molecule has 4 aromatic rings. The topological polar surface area (TPSA) is 144 Å². The van der Waals surface area contributed by atoms with Crippen LogP contribution in [0.5, 0.6) is 0 Å². The van der Waals surface area contributed by atoms with E-state index in [1.807, 2.05) is 41.3 Å². The van der Waals surface area contributed by atoms with Crippen molar-refractivity contribution in [2.75, 3.05) is 41.7 Å². The zero-order chi connectivity index (χ0) is 31.6. The van der Waals surface area contributed by atoms with Crippen molar-refractivity contribution in [3.8, 4) is 0 Å². The molecular formula is C34H34N6O5. The van der Waals surface area contributed by atoms with Gasteiger partial charge in [-0.15, -0.1) is 0 Å². The normalized spacial score (nSPS) is 13.7. The quantitative estimate of drug-likeness (QED) is 0.209. The maximum Gasteiger partial charge on any atom is 0.323 e. The van der Waals surface area contributed by atoms with Gasteiger partial charge in [0.05, 0.1) is 23.8 Å². The summed E-state index contributed by atoms with van der Waals surface area (Å²) in [6, 6.07) is 25.2. The lowest BCUT2D eigenvalue weighted by molar-refractivity contribution is -0.137. The molecule has 11 nitrogen and oxygen atoms in total. The van der Waals surface area contributed by atoms with Crippen molar-refractivity contribution in [2.24, 2.45) is 0 Å². The van der Waals surface area contributed by atoms with Crippen molar-refractivity contribution in [1.82, 2.24) is 15.2 Å². The Kier molecular flexibility index (Phi) is 10.0. The number of anilines is 3. The van der Waals surface area contributed by atoms with Crippen LogP contribution in [0.4, 0.5) is 21.9 Å². The van der Waals surface area contributed by atoms with Crippen molar-refractivity contribution in [1.29, 1.82) is 0 Å². The van der Waals surface area contributed by atoms with Crippen LogP contribution in [0.25, 0.3) is 0 Å². The lowest BCUT2D eigenvalue weighted by Crippen LogP contribution is -2.35. The zero-order valence-electron chi connectivity index (χ0n) is 24.6. The number of amides is 4. The van der Waals surface area contributed by atoms with Gasteiger partial charge in [-0.05, 0) is 60.5 Å². The molecule has 4 N–H and O–H groups in total. The number of para-hydroxylation sites is 1. The summed E-state index contributed by atoms with van der Waals surface area (Å²) in [5.74, 6) is -1.60. The van der Waals surface area contributed by atoms with Gasteiger partial charge in [0.25, 0.3) is 11.8 Å². The highest BCUT2D eigenvalue weighted by Crippen LogP contribution is 2.30. The van der Waals surface area contributed by atoms with E-state index in [9.17, 15) is 24.3 Å². The molecule has 1 aliphatic rings. The Labute approximate surface area is 260 Å². The minimum atomic E-state index is -1.07. The molecule has 1 aliphatic heterocycles. The van der Waals surface area contributed by atoms with Gasteiger partial charge >= 0.3 is 12.0 Å². The Morgan fingerprint density at radius 2 is 1.56 bits per heavy atom. The van der Waals surface area contributed by atoms with E-state index >= 15 is 0 Å². The molecule has 0 aliphatic carbocycles. The number of pyridine rings is 1. The standard InChI is InChI=1S/C34H34N6O5/c41-31(42)22-28(26-11-7-16-35-23-26)37-32(43)25-14-15-30(29(21-25)38-34(45)36-27-12-5-2-6-13-27)39-17-8-18-40(20-19-39)33(44)24-9-3-1-4-10-24/h1-7,9-16,21,23,28H,8,17-20,22H2,(H,37,43)(H,41,42)(H2,36,38,45). The van der Waals surface area contributed by atoms with Gasteiger partial charge in [0.15, 0.2) is 0 Å².